The molecule has 0 aliphatic rings. The summed E-state index contributed by atoms with van der Waals surface area (Å²) in [5.41, 5.74) is 1.34. The molecule has 0 aromatic heterocycles. The lowest BCUT2D eigenvalue weighted by Crippen LogP contribution is -2.34. The van der Waals surface area contributed by atoms with Gasteiger partial charge in [-0.2, -0.15) is 0 Å². The molecule has 0 saturated carbocycles. The van der Waals surface area contributed by atoms with E-state index >= 15 is 0 Å². The van der Waals surface area contributed by atoms with Gasteiger partial charge in [-0.05, 0) is 52.3 Å². The lowest BCUT2D eigenvalue weighted by atomic mass is 10.2. The Kier molecular flexibility index (Phi) is 4.63. The van der Waals surface area contributed by atoms with Crippen LogP contribution in [0.4, 0.5) is 5.69 Å². The van der Waals surface area contributed by atoms with Crippen molar-refractivity contribution in [1.82, 2.24) is 0 Å². The van der Waals surface area contributed by atoms with E-state index in [4.69, 9.17) is 16.3 Å². The van der Waals surface area contributed by atoms with Crippen molar-refractivity contribution in [1.29, 1.82) is 0 Å². The monoisotopic (exact) mass is 269 g/mol. The van der Waals surface area contributed by atoms with E-state index in [2.05, 4.69) is 5.32 Å². The molecule has 1 N–H and O–H groups in total. The number of esters is 1. The first-order valence-electron chi connectivity index (χ1n) is 5.94. The molecule has 0 aliphatic heterocycles. The van der Waals surface area contributed by atoms with Crippen molar-refractivity contribution in [3.05, 3.63) is 28.8 Å². The van der Waals surface area contributed by atoms with Gasteiger partial charge in [-0.25, -0.2) is 4.79 Å². The fourth-order valence-electron chi connectivity index (χ4n) is 1.43. The van der Waals surface area contributed by atoms with E-state index in [1.54, 1.807) is 13.0 Å². The molecule has 4 heteroatoms. The highest BCUT2D eigenvalue weighted by molar-refractivity contribution is 6.33. The topological polar surface area (TPSA) is 38.3 Å². The van der Waals surface area contributed by atoms with Crippen LogP contribution < -0.4 is 5.32 Å². The second-order valence-corrected chi connectivity index (χ2v) is 5.79. The summed E-state index contributed by atoms with van der Waals surface area (Å²) >= 11 is 6.06. The minimum absolute atomic E-state index is 0.292. The van der Waals surface area contributed by atoms with Gasteiger partial charge in [-0.1, -0.05) is 17.7 Å². The van der Waals surface area contributed by atoms with E-state index in [-0.39, 0.29) is 5.97 Å². The summed E-state index contributed by atoms with van der Waals surface area (Å²) < 4.78 is 5.30. The molecule has 0 aliphatic carbocycles. The fourth-order valence-corrected chi connectivity index (χ4v) is 1.60. The molecule has 0 saturated heterocycles. The molecule has 0 heterocycles. The van der Waals surface area contributed by atoms with Gasteiger partial charge in [-0.15, -0.1) is 0 Å². The predicted molar refractivity (Wildman–Crippen MR) is 75.1 cm³/mol. The van der Waals surface area contributed by atoms with E-state index in [0.717, 1.165) is 11.3 Å². The summed E-state index contributed by atoms with van der Waals surface area (Å²) in [4.78, 5) is 11.8. The Morgan fingerprint density at radius 1 is 1.39 bits per heavy atom. The van der Waals surface area contributed by atoms with Crippen LogP contribution >= 0.6 is 11.6 Å². The first-order chi connectivity index (χ1) is 8.19. The average Bonchev–Trinajstić information content (AvgIpc) is 2.21. The van der Waals surface area contributed by atoms with Gasteiger partial charge in [0, 0.05) is 0 Å². The van der Waals surface area contributed by atoms with Crippen molar-refractivity contribution >= 4 is 23.3 Å². The molecule has 0 bridgehead atoms. The van der Waals surface area contributed by atoms with Gasteiger partial charge in [0.2, 0.25) is 0 Å². The van der Waals surface area contributed by atoms with Gasteiger partial charge >= 0.3 is 5.97 Å². The van der Waals surface area contributed by atoms with Gasteiger partial charge in [-0.3, -0.25) is 0 Å². The Balaban J connectivity index is 2.72. The molecule has 1 rings (SSSR count). The first-order valence-corrected chi connectivity index (χ1v) is 6.32. The van der Waals surface area contributed by atoms with Crippen LogP contribution in [-0.2, 0) is 9.53 Å². The number of rotatable bonds is 3. The molecule has 1 unspecified atom stereocenters. The number of aryl methyl sites for hydroxylation is 1. The van der Waals surface area contributed by atoms with Crippen LogP contribution in [0.1, 0.15) is 33.3 Å². The van der Waals surface area contributed by atoms with Gasteiger partial charge in [0.15, 0.2) is 0 Å². The Morgan fingerprint density at radius 3 is 2.56 bits per heavy atom. The second-order valence-electron chi connectivity index (χ2n) is 5.38. The molecule has 1 aromatic rings. The van der Waals surface area contributed by atoms with Gasteiger partial charge in [0.1, 0.15) is 11.6 Å². The van der Waals surface area contributed by atoms with Crippen molar-refractivity contribution in [2.75, 3.05) is 5.32 Å². The fraction of sp³-hybridized carbons (Fsp3) is 0.500. The maximum atomic E-state index is 11.8. The molecule has 18 heavy (non-hydrogen) atoms. The van der Waals surface area contributed by atoms with E-state index in [9.17, 15) is 4.79 Å². The quantitative estimate of drug-likeness (QED) is 0.849. The van der Waals surface area contributed by atoms with E-state index in [1.807, 2.05) is 39.8 Å². The van der Waals surface area contributed by atoms with Crippen molar-refractivity contribution in [3.63, 3.8) is 0 Å². The van der Waals surface area contributed by atoms with Gasteiger partial charge in [0.05, 0.1) is 10.7 Å². The van der Waals surface area contributed by atoms with E-state index in [0.29, 0.717) is 5.02 Å². The highest BCUT2D eigenvalue weighted by Gasteiger charge is 2.21. The van der Waals surface area contributed by atoms with Gasteiger partial charge in [0.25, 0.3) is 0 Å². The number of hydrogen-bond donors (Lipinski definition) is 1. The maximum Gasteiger partial charge on any atom is 0.328 e. The molecular formula is C14H20ClNO2. The third-order valence-electron chi connectivity index (χ3n) is 2.25. The average molecular weight is 270 g/mol. The van der Waals surface area contributed by atoms with Crippen LogP contribution in [0, 0.1) is 6.92 Å². The molecule has 100 valence electrons. The second kappa shape index (κ2) is 5.61. The van der Waals surface area contributed by atoms with Crippen LogP contribution in [0.25, 0.3) is 0 Å². The van der Waals surface area contributed by atoms with E-state index in [1.165, 1.54) is 0 Å². The Hall–Kier alpha value is -1.22. The standard InChI is InChI=1S/C14H20ClNO2/c1-9-6-7-11(15)12(8-9)16-10(2)13(17)18-14(3,4)5/h6-8,10,16H,1-5H3. The number of carbonyl (C=O) groups excluding carboxylic acids is 1. The zero-order chi connectivity index (χ0) is 13.9. The molecule has 0 spiro atoms. The lowest BCUT2D eigenvalue weighted by molar-refractivity contribution is -0.155. The highest BCUT2D eigenvalue weighted by Crippen LogP contribution is 2.23. The van der Waals surface area contributed by atoms with Crippen LogP contribution in [0.2, 0.25) is 5.02 Å². The zero-order valence-electron chi connectivity index (χ0n) is 11.5. The minimum atomic E-state index is -0.483. The molecule has 0 amide bonds. The summed E-state index contributed by atoms with van der Waals surface area (Å²) in [6, 6.07) is 5.19. The van der Waals surface area contributed by atoms with Crippen molar-refractivity contribution < 1.29 is 9.53 Å². The van der Waals surface area contributed by atoms with Gasteiger partial charge < -0.3 is 10.1 Å². The predicted octanol–water partition coefficient (Wildman–Crippen LogP) is 3.79. The third kappa shape index (κ3) is 4.57. The van der Waals surface area contributed by atoms with Crippen LogP contribution in [0.3, 0.4) is 0 Å². The summed E-state index contributed by atoms with van der Waals surface area (Å²) in [6.45, 7) is 9.26. The summed E-state index contributed by atoms with van der Waals surface area (Å²) in [5.74, 6) is -0.292. The summed E-state index contributed by atoms with van der Waals surface area (Å²) in [7, 11) is 0. The summed E-state index contributed by atoms with van der Waals surface area (Å²) in [6.07, 6.45) is 0. The number of nitrogens with one attached hydrogen (secondary N) is 1. The molecule has 1 atom stereocenters. The minimum Gasteiger partial charge on any atom is -0.458 e. The number of ether oxygens (including phenoxy) is 1. The van der Waals surface area contributed by atoms with Crippen molar-refractivity contribution in [2.24, 2.45) is 0 Å². The molecule has 3 nitrogen and oxygen atoms in total. The highest BCUT2D eigenvalue weighted by atomic mass is 35.5. The number of anilines is 1. The summed E-state index contributed by atoms with van der Waals surface area (Å²) in [5, 5.41) is 3.66. The Labute approximate surface area is 113 Å². The number of carbonyl (C=O) groups is 1. The SMILES string of the molecule is Cc1ccc(Cl)c(NC(C)C(=O)OC(C)(C)C)c1. The number of benzene rings is 1. The normalized spacial score (nSPS) is 13.0. The molecule has 0 fully saturated rings. The Bertz CT molecular complexity index is 438. The largest absolute Gasteiger partial charge is 0.458 e. The molecular weight excluding hydrogens is 250 g/mol. The number of halogens is 1. The van der Waals surface area contributed by atoms with Crippen LogP contribution in [-0.4, -0.2) is 17.6 Å². The maximum absolute atomic E-state index is 11.8. The Morgan fingerprint density at radius 2 is 2.00 bits per heavy atom. The zero-order valence-corrected chi connectivity index (χ0v) is 12.3. The van der Waals surface area contributed by atoms with Crippen LogP contribution in [0.15, 0.2) is 18.2 Å². The lowest BCUT2D eigenvalue weighted by Gasteiger charge is -2.23. The smallest absolute Gasteiger partial charge is 0.328 e. The molecule has 1 aromatic carbocycles. The van der Waals surface area contributed by atoms with Crippen molar-refractivity contribution in [3.8, 4) is 0 Å². The molecule has 0 radical (unpaired) electrons. The van der Waals surface area contributed by atoms with Crippen molar-refractivity contribution in [2.45, 2.75) is 46.3 Å². The first kappa shape index (κ1) is 14.8. The third-order valence-corrected chi connectivity index (χ3v) is 2.58. The van der Waals surface area contributed by atoms with E-state index < -0.39 is 11.6 Å². The van der Waals surface area contributed by atoms with Crippen LogP contribution in [0.5, 0.6) is 0 Å². The number of hydrogen-bond acceptors (Lipinski definition) is 3.